The molecule has 0 saturated heterocycles. The van der Waals surface area contributed by atoms with Crippen molar-refractivity contribution < 1.29 is 9.84 Å². The van der Waals surface area contributed by atoms with Gasteiger partial charge in [0.2, 0.25) is 5.88 Å². The van der Waals surface area contributed by atoms with Gasteiger partial charge < -0.3 is 15.2 Å². The Morgan fingerprint density at radius 2 is 2.22 bits per heavy atom. The SMILES string of the molecule is COc1cc(NC(C)C(C)(C)O)n2ncnc2n1. The summed E-state index contributed by atoms with van der Waals surface area (Å²) in [6.45, 7) is 5.36. The van der Waals surface area contributed by atoms with Crippen LogP contribution in [0.4, 0.5) is 5.82 Å². The van der Waals surface area contributed by atoms with E-state index < -0.39 is 5.60 Å². The van der Waals surface area contributed by atoms with E-state index in [2.05, 4.69) is 20.4 Å². The summed E-state index contributed by atoms with van der Waals surface area (Å²) in [5.41, 5.74) is -0.858. The van der Waals surface area contributed by atoms with E-state index in [4.69, 9.17) is 4.74 Å². The number of hydrogen-bond acceptors (Lipinski definition) is 6. The minimum absolute atomic E-state index is 0.169. The summed E-state index contributed by atoms with van der Waals surface area (Å²) in [4.78, 5) is 8.16. The van der Waals surface area contributed by atoms with Crippen molar-refractivity contribution in [3.05, 3.63) is 12.4 Å². The fourth-order valence-electron chi connectivity index (χ4n) is 1.40. The van der Waals surface area contributed by atoms with Gasteiger partial charge in [0.15, 0.2) is 0 Å². The lowest BCUT2D eigenvalue weighted by Crippen LogP contribution is -2.39. The molecule has 0 radical (unpaired) electrons. The first kappa shape index (κ1) is 12.6. The number of hydrogen-bond donors (Lipinski definition) is 2. The van der Waals surface area contributed by atoms with Crippen LogP contribution >= 0.6 is 0 Å². The Kier molecular flexibility index (Phi) is 3.08. The molecule has 98 valence electrons. The van der Waals surface area contributed by atoms with Crippen LogP contribution in [0, 0.1) is 0 Å². The van der Waals surface area contributed by atoms with Gasteiger partial charge in [-0.2, -0.15) is 19.6 Å². The Bertz CT molecular complexity index is 546. The molecule has 0 fully saturated rings. The van der Waals surface area contributed by atoms with Crippen molar-refractivity contribution in [3.8, 4) is 5.88 Å². The second-order valence-corrected chi connectivity index (χ2v) is 4.68. The number of ether oxygens (including phenoxy) is 1. The molecule has 0 amide bonds. The van der Waals surface area contributed by atoms with E-state index in [0.29, 0.717) is 17.5 Å². The largest absolute Gasteiger partial charge is 0.481 e. The smallest absolute Gasteiger partial charge is 0.257 e. The Hall–Kier alpha value is -1.89. The molecule has 0 aromatic carbocycles. The summed E-state index contributed by atoms with van der Waals surface area (Å²) in [5, 5.41) is 17.2. The first-order valence-corrected chi connectivity index (χ1v) is 5.65. The van der Waals surface area contributed by atoms with E-state index in [9.17, 15) is 5.11 Å². The number of aliphatic hydroxyl groups is 1. The van der Waals surface area contributed by atoms with Gasteiger partial charge in [0, 0.05) is 6.07 Å². The van der Waals surface area contributed by atoms with Gasteiger partial charge in [-0.1, -0.05) is 0 Å². The molecule has 0 aliphatic rings. The Morgan fingerprint density at radius 1 is 1.50 bits per heavy atom. The molecule has 18 heavy (non-hydrogen) atoms. The molecule has 2 aromatic rings. The summed E-state index contributed by atoms with van der Waals surface area (Å²) in [6, 6.07) is 1.54. The lowest BCUT2D eigenvalue weighted by Gasteiger charge is -2.27. The molecule has 2 aromatic heterocycles. The molecule has 2 heterocycles. The standard InChI is InChI=1S/C11H17N5O2/c1-7(11(2,3)17)14-8-5-9(18-4)15-10-12-6-13-16(8)10/h5-7,14,17H,1-4H3. The Labute approximate surface area is 105 Å². The first-order valence-electron chi connectivity index (χ1n) is 5.65. The summed E-state index contributed by atoms with van der Waals surface area (Å²) >= 11 is 0. The minimum Gasteiger partial charge on any atom is -0.481 e. The van der Waals surface area contributed by atoms with Crippen LogP contribution in [0.25, 0.3) is 5.78 Å². The van der Waals surface area contributed by atoms with Gasteiger partial charge in [-0.05, 0) is 20.8 Å². The van der Waals surface area contributed by atoms with Gasteiger partial charge in [-0.3, -0.25) is 0 Å². The highest BCUT2D eigenvalue weighted by Crippen LogP contribution is 2.19. The maximum atomic E-state index is 9.94. The zero-order chi connectivity index (χ0) is 13.3. The van der Waals surface area contributed by atoms with Crippen molar-refractivity contribution in [1.29, 1.82) is 0 Å². The van der Waals surface area contributed by atoms with Crippen molar-refractivity contribution in [3.63, 3.8) is 0 Å². The number of rotatable bonds is 4. The van der Waals surface area contributed by atoms with E-state index in [1.54, 1.807) is 31.5 Å². The highest BCUT2D eigenvalue weighted by Gasteiger charge is 2.23. The lowest BCUT2D eigenvalue weighted by atomic mass is 10.0. The van der Waals surface area contributed by atoms with Crippen LogP contribution in [-0.2, 0) is 0 Å². The molecular formula is C11H17N5O2. The zero-order valence-electron chi connectivity index (χ0n) is 10.9. The summed E-state index contributed by atoms with van der Waals surface area (Å²) in [7, 11) is 1.54. The summed E-state index contributed by atoms with van der Waals surface area (Å²) in [6.07, 6.45) is 1.42. The third-order valence-electron chi connectivity index (χ3n) is 2.86. The van der Waals surface area contributed by atoms with Crippen molar-refractivity contribution in [1.82, 2.24) is 19.6 Å². The molecular weight excluding hydrogens is 234 g/mol. The van der Waals surface area contributed by atoms with Crippen molar-refractivity contribution >= 4 is 11.6 Å². The molecule has 2 N–H and O–H groups in total. The highest BCUT2D eigenvalue weighted by atomic mass is 16.5. The van der Waals surface area contributed by atoms with Crippen LogP contribution in [0.15, 0.2) is 12.4 Å². The second-order valence-electron chi connectivity index (χ2n) is 4.68. The fourth-order valence-corrected chi connectivity index (χ4v) is 1.40. The Balaban J connectivity index is 2.40. The minimum atomic E-state index is -0.858. The molecule has 7 nitrogen and oxygen atoms in total. The number of methoxy groups -OCH3 is 1. The molecule has 7 heteroatoms. The monoisotopic (exact) mass is 251 g/mol. The zero-order valence-corrected chi connectivity index (χ0v) is 10.9. The van der Waals surface area contributed by atoms with Crippen molar-refractivity contribution in [2.24, 2.45) is 0 Å². The highest BCUT2D eigenvalue weighted by molar-refractivity contribution is 5.47. The molecule has 0 aliphatic heterocycles. The molecule has 0 saturated carbocycles. The third kappa shape index (κ3) is 2.35. The van der Waals surface area contributed by atoms with E-state index in [-0.39, 0.29) is 6.04 Å². The topological polar surface area (TPSA) is 84.6 Å². The second kappa shape index (κ2) is 4.41. The van der Waals surface area contributed by atoms with Gasteiger partial charge in [0.25, 0.3) is 5.78 Å². The number of aromatic nitrogens is 4. The number of nitrogens with one attached hydrogen (secondary N) is 1. The normalized spacial score (nSPS) is 13.6. The lowest BCUT2D eigenvalue weighted by molar-refractivity contribution is 0.0647. The maximum absolute atomic E-state index is 9.94. The van der Waals surface area contributed by atoms with Crippen LogP contribution in [0.1, 0.15) is 20.8 Å². The van der Waals surface area contributed by atoms with Gasteiger partial charge in [-0.15, -0.1) is 0 Å². The van der Waals surface area contributed by atoms with Gasteiger partial charge in [0.05, 0.1) is 18.8 Å². The van der Waals surface area contributed by atoms with Crippen molar-refractivity contribution in [2.75, 3.05) is 12.4 Å². The predicted molar refractivity (Wildman–Crippen MR) is 66.7 cm³/mol. The van der Waals surface area contributed by atoms with E-state index in [1.165, 1.54) is 6.33 Å². The molecule has 1 atom stereocenters. The number of fused-ring (bicyclic) bond motifs is 1. The average Bonchev–Trinajstić information content (AvgIpc) is 2.75. The van der Waals surface area contributed by atoms with Crippen LogP contribution in [0.2, 0.25) is 0 Å². The molecule has 2 rings (SSSR count). The number of anilines is 1. The molecule has 0 spiro atoms. The average molecular weight is 251 g/mol. The van der Waals surface area contributed by atoms with Crippen molar-refractivity contribution in [2.45, 2.75) is 32.4 Å². The molecule has 0 aliphatic carbocycles. The van der Waals surface area contributed by atoms with E-state index >= 15 is 0 Å². The van der Waals surface area contributed by atoms with Gasteiger partial charge in [0.1, 0.15) is 12.1 Å². The Morgan fingerprint density at radius 3 is 2.83 bits per heavy atom. The van der Waals surface area contributed by atoms with Crippen LogP contribution < -0.4 is 10.1 Å². The van der Waals surface area contributed by atoms with E-state index in [0.717, 1.165) is 0 Å². The summed E-state index contributed by atoms with van der Waals surface area (Å²) in [5.74, 6) is 1.56. The van der Waals surface area contributed by atoms with Gasteiger partial charge in [-0.25, -0.2) is 0 Å². The quantitative estimate of drug-likeness (QED) is 0.832. The van der Waals surface area contributed by atoms with Crippen LogP contribution in [0.3, 0.4) is 0 Å². The fraction of sp³-hybridized carbons (Fsp3) is 0.545. The van der Waals surface area contributed by atoms with Gasteiger partial charge >= 0.3 is 0 Å². The third-order valence-corrected chi connectivity index (χ3v) is 2.86. The van der Waals surface area contributed by atoms with E-state index in [1.807, 2.05) is 6.92 Å². The summed E-state index contributed by atoms with van der Waals surface area (Å²) < 4.78 is 6.67. The molecule has 0 bridgehead atoms. The van der Waals surface area contributed by atoms with Crippen LogP contribution in [0.5, 0.6) is 5.88 Å². The molecule has 1 unspecified atom stereocenters. The first-order chi connectivity index (χ1) is 8.41. The predicted octanol–water partition coefficient (Wildman–Crippen LogP) is 0.704. The maximum Gasteiger partial charge on any atom is 0.257 e. The van der Waals surface area contributed by atoms with Crippen LogP contribution in [-0.4, -0.2) is 43.4 Å². The number of nitrogens with zero attached hydrogens (tertiary/aromatic N) is 4.